The molecule has 0 spiro atoms. The Balaban J connectivity index is 1.42. The topological polar surface area (TPSA) is 153 Å². The first-order chi connectivity index (χ1) is 20.6. The van der Waals surface area contributed by atoms with Crippen molar-refractivity contribution >= 4 is 49.8 Å². The molecule has 224 valence electrons. The van der Waals surface area contributed by atoms with Crippen LogP contribution < -0.4 is 21.1 Å². The van der Waals surface area contributed by atoms with Crippen molar-refractivity contribution in [1.82, 2.24) is 34.6 Å². The van der Waals surface area contributed by atoms with Gasteiger partial charge in [-0.1, -0.05) is 16.8 Å². The second-order valence-corrected chi connectivity index (χ2v) is 13.4. The Morgan fingerprint density at radius 1 is 1.14 bits per heavy atom. The number of fused-ring (bicyclic) bond motifs is 1. The predicted octanol–water partition coefficient (Wildman–Crippen LogP) is 3.22. The predicted molar refractivity (Wildman–Crippen MR) is 164 cm³/mol. The molecule has 0 radical (unpaired) electrons. The van der Waals surface area contributed by atoms with E-state index in [1.165, 1.54) is 10.8 Å². The van der Waals surface area contributed by atoms with E-state index in [2.05, 4.69) is 35.6 Å². The number of rotatable bonds is 8. The van der Waals surface area contributed by atoms with E-state index < -0.39 is 20.6 Å². The molecule has 2 N–H and O–H groups in total. The van der Waals surface area contributed by atoms with E-state index in [-0.39, 0.29) is 28.8 Å². The molecule has 43 heavy (non-hydrogen) atoms. The summed E-state index contributed by atoms with van der Waals surface area (Å²) < 4.78 is 34.2. The zero-order valence-corrected chi connectivity index (χ0v) is 25.4. The second kappa shape index (κ2) is 11.4. The lowest BCUT2D eigenvalue weighted by molar-refractivity contribution is 0.335. The maximum absolute atomic E-state index is 14.0. The molecule has 0 amide bonds. The Morgan fingerprint density at radius 3 is 2.63 bits per heavy atom. The third-order valence-corrected chi connectivity index (χ3v) is 9.76. The summed E-state index contributed by atoms with van der Waals surface area (Å²) in [5.41, 5.74) is 2.04. The molecule has 0 unspecified atom stereocenters. The fraction of sp³-hybridized carbons (Fsp3) is 0.321. The third-order valence-electron chi connectivity index (χ3n) is 7.36. The second-order valence-electron chi connectivity index (χ2n) is 10.5. The van der Waals surface area contributed by atoms with Crippen LogP contribution in [-0.2, 0) is 23.4 Å². The molecular formula is C28H30ClN9O4S. The van der Waals surface area contributed by atoms with Crippen LogP contribution in [0.4, 0.5) is 17.3 Å². The molecule has 5 aromatic rings. The SMILES string of the molecule is CC(C)S(=O)(=O)c1oncc1Cn1c(=O)c(-c2nccn2C)cc2cnc(Nc3ccc(N4CCNCC4)c(Cl)c3)nc21. The molecule has 5 heterocycles. The lowest BCUT2D eigenvalue weighted by Gasteiger charge is -2.30. The summed E-state index contributed by atoms with van der Waals surface area (Å²) in [4.78, 5) is 29.7. The molecule has 1 saturated heterocycles. The Morgan fingerprint density at radius 2 is 1.93 bits per heavy atom. The summed E-state index contributed by atoms with van der Waals surface area (Å²) in [6.07, 6.45) is 6.24. The molecule has 1 aliphatic rings. The van der Waals surface area contributed by atoms with Crippen molar-refractivity contribution in [3.05, 3.63) is 70.0 Å². The van der Waals surface area contributed by atoms with Crippen molar-refractivity contribution in [3.63, 3.8) is 0 Å². The number of benzene rings is 1. The summed E-state index contributed by atoms with van der Waals surface area (Å²) in [6, 6.07) is 7.34. The number of piperazine rings is 1. The molecule has 1 aliphatic heterocycles. The van der Waals surface area contributed by atoms with Crippen LogP contribution in [-0.4, -0.2) is 69.1 Å². The van der Waals surface area contributed by atoms with Crippen LogP contribution >= 0.6 is 11.6 Å². The van der Waals surface area contributed by atoms with Gasteiger partial charge in [-0.3, -0.25) is 9.36 Å². The van der Waals surface area contributed by atoms with Gasteiger partial charge in [-0.05, 0) is 38.1 Å². The minimum absolute atomic E-state index is 0.153. The lowest BCUT2D eigenvalue weighted by Crippen LogP contribution is -2.43. The largest absolute Gasteiger partial charge is 0.368 e. The summed E-state index contributed by atoms with van der Waals surface area (Å²) in [5.74, 6) is 0.680. The number of sulfone groups is 1. The quantitative estimate of drug-likeness (QED) is 0.262. The minimum Gasteiger partial charge on any atom is -0.368 e. The smallest absolute Gasteiger partial charge is 0.263 e. The van der Waals surface area contributed by atoms with E-state index >= 15 is 0 Å². The van der Waals surface area contributed by atoms with Gasteiger partial charge in [-0.25, -0.2) is 18.4 Å². The van der Waals surface area contributed by atoms with Crippen LogP contribution in [0.2, 0.25) is 5.02 Å². The number of aromatic nitrogens is 6. The highest BCUT2D eigenvalue weighted by atomic mass is 35.5. The van der Waals surface area contributed by atoms with Gasteiger partial charge >= 0.3 is 0 Å². The van der Waals surface area contributed by atoms with Crippen molar-refractivity contribution in [3.8, 4) is 11.4 Å². The fourth-order valence-electron chi connectivity index (χ4n) is 5.00. The molecule has 1 aromatic carbocycles. The van der Waals surface area contributed by atoms with E-state index in [4.69, 9.17) is 16.1 Å². The molecule has 4 aromatic heterocycles. The number of nitrogens with zero attached hydrogens (tertiary/aromatic N) is 7. The highest BCUT2D eigenvalue weighted by Crippen LogP contribution is 2.30. The van der Waals surface area contributed by atoms with Gasteiger partial charge in [-0.2, -0.15) is 4.98 Å². The van der Waals surface area contributed by atoms with Gasteiger partial charge in [0.2, 0.25) is 15.8 Å². The van der Waals surface area contributed by atoms with E-state index in [0.29, 0.717) is 27.5 Å². The van der Waals surface area contributed by atoms with Gasteiger partial charge in [0.25, 0.3) is 10.7 Å². The van der Waals surface area contributed by atoms with Crippen LogP contribution in [0, 0.1) is 0 Å². The van der Waals surface area contributed by atoms with Gasteiger partial charge in [0.1, 0.15) is 11.5 Å². The normalized spacial score (nSPS) is 14.1. The standard InChI is InChI=1S/C28H30ClN9O4S/c1-17(2)43(40,41)27-19(15-33-42-27)16-38-24-18(12-21(26(38)39)25-31-8-9-36(25)3)14-32-28(35-24)34-20-4-5-23(22(29)13-20)37-10-6-30-7-11-37/h4-5,8-9,12-15,17,30H,6-7,10-11,16H2,1-3H3,(H,32,34,35). The lowest BCUT2D eigenvalue weighted by atomic mass is 10.2. The number of pyridine rings is 1. The van der Waals surface area contributed by atoms with Crippen LogP contribution in [0.5, 0.6) is 0 Å². The number of nitrogens with one attached hydrogen (secondary N) is 2. The summed E-state index contributed by atoms with van der Waals surface area (Å²) in [5, 5.41) is 10.4. The first-order valence-corrected chi connectivity index (χ1v) is 15.6. The average Bonchev–Trinajstić information content (AvgIpc) is 3.64. The molecular weight excluding hydrogens is 594 g/mol. The highest BCUT2D eigenvalue weighted by Gasteiger charge is 2.28. The van der Waals surface area contributed by atoms with Gasteiger partial charge < -0.3 is 24.6 Å². The third kappa shape index (κ3) is 5.48. The molecule has 0 aliphatic carbocycles. The minimum atomic E-state index is -3.80. The number of aryl methyl sites for hydroxylation is 1. The Labute approximate surface area is 252 Å². The maximum atomic E-state index is 14.0. The molecule has 13 nitrogen and oxygen atoms in total. The van der Waals surface area contributed by atoms with Crippen molar-refractivity contribution < 1.29 is 12.9 Å². The van der Waals surface area contributed by atoms with Gasteiger partial charge in [-0.15, -0.1) is 0 Å². The van der Waals surface area contributed by atoms with Crippen LogP contribution in [0.3, 0.4) is 0 Å². The highest BCUT2D eigenvalue weighted by molar-refractivity contribution is 7.91. The van der Waals surface area contributed by atoms with E-state index in [1.54, 1.807) is 50.1 Å². The summed E-state index contributed by atoms with van der Waals surface area (Å²) in [6.45, 7) is 6.47. The van der Waals surface area contributed by atoms with E-state index in [9.17, 15) is 13.2 Å². The number of imidazole rings is 1. The van der Waals surface area contributed by atoms with Crippen molar-refractivity contribution in [2.45, 2.75) is 30.7 Å². The Hall–Kier alpha value is -4.27. The zero-order chi connectivity index (χ0) is 30.3. The molecule has 1 fully saturated rings. The summed E-state index contributed by atoms with van der Waals surface area (Å²) >= 11 is 6.64. The number of halogens is 1. The van der Waals surface area contributed by atoms with Crippen molar-refractivity contribution in [2.24, 2.45) is 7.05 Å². The number of hydrogen-bond donors (Lipinski definition) is 2. The van der Waals surface area contributed by atoms with Gasteiger partial charge in [0.05, 0.1) is 39.8 Å². The molecule has 0 atom stereocenters. The maximum Gasteiger partial charge on any atom is 0.263 e. The Kier molecular flexibility index (Phi) is 7.66. The van der Waals surface area contributed by atoms with E-state index in [1.807, 2.05) is 18.2 Å². The molecule has 15 heteroatoms. The van der Waals surface area contributed by atoms with Crippen LogP contribution in [0.25, 0.3) is 22.4 Å². The van der Waals surface area contributed by atoms with Gasteiger partial charge in [0.15, 0.2) is 0 Å². The van der Waals surface area contributed by atoms with E-state index in [0.717, 1.165) is 31.9 Å². The monoisotopic (exact) mass is 623 g/mol. The molecule has 6 rings (SSSR count). The molecule has 0 saturated carbocycles. The zero-order valence-electron chi connectivity index (χ0n) is 23.8. The first-order valence-electron chi connectivity index (χ1n) is 13.7. The van der Waals surface area contributed by atoms with Crippen LogP contribution in [0.1, 0.15) is 19.4 Å². The van der Waals surface area contributed by atoms with Crippen molar-refractivity contribution in [2.75, 3.05) is 36.4 Å². The number of anilines is 3. The fourth-order valence-corrected chi connectivity index (χ4v) is 6.36. The number of hydrogen-bond acceptors (Lipinski definition) is 11. The average molecular weight is 624 g/mol. The van der Waals surface area contributed by atoms with Gasteiger partial charge in [0, 0.05) is 62.9 Å². The van der Waals surface area contributed by atoms with Crippen LogP contribution in [0.15, 0.2) is 63.5 Å². The molecule has 0 bridgehead atoms. The summed E-state index contributed by atoms with van der Waals surface area (Å²) in [7, 11) is -2.02. The van der Waals surface area contributed by atoms with Crippen molar-refractivity contribution in [1.29, 1.82) is 0 Å². The first kappa shape index (κ1) is 28.8. The Bertz CT molecular complexity index is 1980.